The molecule has 2 aromatic heterocycles. The SMILES string of the molecule is CCN(Cc1ccncc1)Cc1nnsc1NN. The van der Waals surface area contributed by atoms with Gasteiger partial charge in [0.15, 0.2) is 0 Å². The molecule has 0 aliphatic heterocycles. The van der Waals surface area contributed by atoms with Crippen molar-refractivity contribution in [1.82, 2.24) is 19.5 Å². The summed E-state index contributed by atoms with van der Waals surface area (Å²) in [5.74, 6) is 5.42. The molecule has 0 amide bonds. The topological polar surface area (TPSA) is 80.0 Å². The Bertz CT molecular complexity index is 471. The summed E-state index contributed by atoms with van der Waals surface area (Å²) in [5, 5.41) is 4.91. The Kier molecular flexibility index (Phi) is 4.57. The maximum absolute atomic E-state index is 5.42. The normalized spacial score (nSPS) is 10.8. The van der Waals surface area contributed by atoms with Crippen LogP contribution in [-0.2, 0) is 13.1 Å². The van der Waals surface area contributed by atoms with Crippen LogP contribution in [0.5, 0.6) is 0 Å². The number of aromatic nitrogens is 3. The lowest BCUT2D eigenvalue weighted by Gasteiger charge is -2.19. The average molecular weight is 264 g/mol. The van der Waals surface area contributed by atoms with E-state index < -0.39 is 0 Å². The maximum Gasteiger partial charge on any atom is 0.148 e. The zero-order valence-corrected chi connectivity index (χ0v) is 11.0. The minimum absolute atomic E-state index is 0.731. The molecule has 0 atom stereocenters. The monoisotopic (exact) mass is 264 g/mol. The molecule has 0 aliphatic rings. The first-order chi connectivity index (χ1) is 8.83. The van der Waals surface area contributed by atoms with Crippen molar-refractivity contribution in [3.05, 3.63) is 35.8 Å². The zero-order valence-electron chi connectivity index (χ0n) is 10.2. The predicted molar refractivity (Wildman–Crippen MR) is 71.7 cm³/mol. The fourth-order valence-corrected chi connectivity index (χ4v) is 2.14. The van der Waals surface area contributed by atoms with Gasteiger partial charge in [-0.2, -0.15) is 0 Å². The molecule has 6 nitrogen and oxygen atoms in total. The molecule has 0 saturated carbocycles. The van der Waals surface area contributed by atoms with Crippen LogP contribution in [0.15, 0.2) is 24.5 Å². The summed E-state index contributed by atoms with van der Waals surface area (Å²) >= 11 is 1.27. The molecule has 2 rings (SSSR count). The van der Waals surface area contributed by atoms with E-state index in [1.807, 2.05) is 12.1 Å². The van der Waals surface area contributed by atoms with Crippen molar-refractivity contribution in [1.29, 1.82) is 0 Å². The van der Waals surface area contributed by atoms with Gasteiger partial charge in [-0.15, -0.1) is 5.10 Å². The number of hydrogen-bond acceptors (Lipinski definition) is 7. The van der Waals surface area contributed by atoms with Crippen molar-refractivity contribution in [3.8, 4) is 0 Å². The molecule has 3 N–H and O–H groups in total. The van der Waals surface area contributed by atoms with Gasteiger partial charge in [0, 0.05) is 37.0 Å². The van der Waals surface area contributed by atoms with E-state index in [1.165, 1.54) is 17.1 Å². The third kappa shape index (κ3) is 3.22. The van der Waals surface area contributed by atoms with Crippen molar-refractivity contribution in [2.45, 2.75) is 20.0 Å². The van der Waals surface area contributed by atoms with Crippen LogP contribution in [0.4, 0.5) is 5.00 Å². The highest BCUT2D eigenvalue weighted by Crippen LogP contribution is 2.18. The molecular formula is C11H16N6S. The van der Waals surface area contributed by atoms with Gasteiger partial charge in [0.05, 0.1) is 0 Å². The molecule has 0 fully saturated rings. The lowest BCUT2D eigenvalue weighted by atomic mass is 10.2. The molecule has 0 saturated heterocycles. The van der Waals surface area contributed by atoms with Gasteiger partial charge in [0.1, 0.15) is 10.7 Å². The highest BCUT2D eigenvalue weighted by atomic mass is 32.1. The van der Waals surface area contributed by atoms with E-state index in [9.17, 15) is 0 Å². The predicted octanol–water partition coefficient (Wildman–Crippen LogP) is 1.24. The molecule has 0 unspecified atom stereocenters. The standard InChI is InChI=1S/C11H16N6S/c1-2-17(7-9-3-5-13-6-4-9)8-10-11(14-12)18-16-15-10/h3-6,14H,2,7-8,12H2,1H3. The largest absolute Gasteiger partial charge is 0.313 e. The van der Waals surface area contributed by atoms with Gasteiger partial charge in [-0.05, 0) is 24.2 Å². The molecule has 18 heavy (non-hydrogen) atoms. The number of nitrogens with two attached hydrogens (primary N) is 1. The van der Waals surface area contributed by atoms with E-state index in [0.717, 1.165) is 30.3 Å². The summed E-state index contributed by atoms with van der Waals surface area (Å²) in [4.78, 5) is 6.29. The summed E-state index contributed by atoms with van der Waals surface area (Å²) < 4.78 is 3.90. The summed E-state index contributed by atoms with van der Waals surface area (Å²) in [6.07, 6.45) is 3.61. The Labute approximate surface area is 110 Å². The van der Waals surface area contributed by atoms with Crippen LogP contribution in [0, 0.1) is 0 Å². The van der Waals surface area contributed by atoms with Gasteiger partial charge < -0.3 is 5.43 Å². The maximum atomic E-state index is 5.42. The molecule has 96 valence electrons. The highest BCUT2D eigenvalue weighted by molar-refractivity contribution is 7.10. The van der Waals surface area contributed by atoms with E-state index >= 15 is 0 Å². The lowest BCUT2D eigenvalue weighted by molar-refractivity contribution is 0.268. The van der Waals surface area contributed by atoms with E-state index in [-0.39, 0.29) is 0 Å². The minimum atomic E-state index is 0.731. The van der Waals surface area contributed by atoms with E-state index in [2.05, 4.69) is 31.8 Å². The van der Waals surface area contributed by atoms with E-state index in [1.54, 1.807) is 12.4 Å². The Morgan fingerprint density at radius 1 is 1.33 bits per heavy atom. The first kappa shape index (κ1) is 12.9. The van der Waals surface area contributed by atoms with Crippen LogP contribution in [0.1, 0.15) is 18.2 Å². The number of nitrogens with zero attached hydrogens (tertiary/aromatic N) is 4. The Morgan fingerprint density at radius 2 is 2.11 bits per heavy atom. The highest BCUT2D eigenvalue weighted by Gasteiger charge is 2.11. The van der Waals surface area contributed by atoms with Crippen LogP contribution in [-0.4, -0.2) is 26.0 Å². The first-order valence-electron chi connectivity index (χ1n) is 5.72. The van der Waals surface area contributed by atoms with Crippen LogP contribution < -0.4 is 11.3 Å². The van der Waals surface area contributed by atoms with Crippen LogP contribution in [0.25, 0.3) is 0 Å². The molecule has 0 spiro atoms. The third-order valence-corrected chi connectivity index (χ3v) is 3.36. The molecule has 2 heterocycles. The van der Waals surface area contributed by atoms with E-state index in [0.29, 0.717) is 0 Å². The molecule has 0 aliphatic carbocycles. The van der Waals surface area contributed by atoms with Gasteiger partial charge >= 0.3 is 0 Å². The Balaban J connectivity index is 2.02. The number of anilines is 1. The summed E-state index contributed by atoms with van der Waals surface area (Å²) in [5.41, 5.74) is 4.75. The van der Waals surface area contributed by atoms with E-state index in [4.69, 9.17) is 5.84 Å². The van der Waals surface area contributed by atoms with Crippen molar-refractivity contribution in [2.75, 3.05) is 12.0 Å². The van der Waals surface area contributed by atoms with Crippen LogP contribution >= 0.6 is 11.5 Å². The number of hydrazine groups is 1. The molecule has 7 heteroatoms. The number of nitrogens with one attached hydrogen (secondary N) is 1. The number of pyridine rings is 1. The van der Waals surface area contributed by atoms with Gasteiger partial charge in [0.2, 0.25) is 0 Å². The van der Waals surface area contributed by atoms with Crippen molar-refractivity contribution in [3.63, 3.8) is 0 Å². The van der Waals surface area contributed by atoms with Crippen LogP contribution in [0.2, 0.25) is 0 Å². The lowest BCUT2D eigenvalue weighted by Crippen LogP contribution is -2.23. The number of rotatable bonds is 6. The Morgan fingerprint density at radius 3 is 2.78 bits per heavy atom. The van der Waals surface area contributed by atoms with Crippen molar-refractivity contribution < 1.29 is 0 Å². The minimum Gasteiger partial charge on any atom is -0.313 e. The molecular weight excluding hydrogens is 248 g/mol. The van der Waals surface area contributed by atoms with Gasteiger partial charge in [-0.25, -0.2) is 5.84 Å². The molecule has 0 aromatic carbocycles. The number of nitrogen functional groups attached to an aromatic ring is 1. The fourth-order valence-electron chi connectivity index (χ4n) is 1.66. The zero-order chi connectivity index (χ0) is 12.8. The van der Waals surface area contributed by atoms with Gasteiger partial charge in [-0.1, -0.05) is 11.4 Å². The van der Waals surface area contributed by atoms with Crippen molar-refractivity contribution in [2.24, 2.45) is 5.84 Å². The second kappa shape index (κ2) is 6.39. The van der Waals surface area contributed by atoms with Gasteiger partial charge in [-0.3, -0.25) is 9.88 Å². The first-order valence-corrected chi connectivity index (χ1v) is 6.50. The second-order valence-corrected chi connectivity index (χ2v) is 4.61. The fraction of sp³-hybridized carbons (Fsp3) is 0.364. The van der Waals surface area contributed by atoms with Crippen molar-refractivity contribution >= 4 is 16.5 Å². The third-order valence-electron chi connectivity index (χ3n) is 2.66. The molecule has 2 aromatic rings. The number of hydrogen-bond donors (Lipinski definition) is 2. The quantitative estimate of drug-likeness (QED) is 0.603. The second-order valence-electron chi connectivity index (χ2n) is 3.85. The molecule has 0 radical (unpaired) electrons. The smallest absolute Gasteiger partial charge is 0.148 e. The molecule has 0 bridgehead atoms. The van der Waals surface area contributed by atoms with Crippen LogP contribution in [0.3, 0.4) is 0 Å². The average Bonchev–Trinajstić information content (AvgIpc) is 2.86. The Hall–Kier alpha value is -1.57. The summed E-state index contributed by atoms with van der Waals surface area (Å²) in [6, 6.07) is 4.04. The summed E-state index contributed by atoms with van der Waals surface area (Å²) in [6.45, 7) is 4.65. The summed E-state index contributed by atoms with van der Waals surface area (Å²) in [7, 11) is 0. The van der Waals surface area contributed by atoms with Gasteiger partial charge in [0.25, 0.3) is 0 Å².